The molecule has 0 aliphatic heterocycles. The number of hydrogen-bond donors (Lipinski definition) is 2. The second kappa shape index (κ2) is 7.85. The van der Waals surface area contributed by atoms with E-state index in [0.29, 0.717) is 28.5 Å². The molecule has 2 aromatic heterocycles. The van der Waals surface area contributed by atoms with Crippen molar-refractivity contribution in [1.82, 2.24) is 25.3 Å². The van der Waals surface area contributed by atoms with E-state index < -0.39 is 5.82 Å². The predicted octanol–water partition coefficient (Wildman–Crippen LogP) is 4.72. The summed E-state index contributed by atoms with van der Waals surface area (Å²) in [7, 11) is 0. The van der Waals surface area contributed by atoms with Crippen LogP contribution in [0.1, 0.15) is 66.5 Å². The molecule has 3 fully saturated rings. The zero-order valence-electron chi connectivity index (χ0n) is 19.7. The van der Waals surface area contributed by atoms with Crippen LogP contribution in [0.3, 0.4) is 0 Å². The standard InChI is InChI=1S/C28H26FN5O2/c29-24-9-16(5-8-21(24)18-14-30-34(15-18)20-6-7-20)26(35)31-19-12-28(13-19)10-17(11-28)25-22-3-1-2-4-23(22)27(36)33-32-25/h1-5,8-9,14-15,17,19-20H,6-7,10-13H2,(H,31,35)(H,33,36). The number of fused-ring (bicyclic) bond motifs is 1. The first kappa shape index (κ1) is 21.5. The number of nitrogens with one attached hydrogen (secondary N) is 2. The molecule has 2 heterocycles. The molecule has 0 radical (unpaired) electrons. The number of carbonyl (C=O) groups is 1. The van der Waals surface area contributed by atoms with Crippen LogP contribution in [0.25, 0.3) is 21.9 Å². The van der Waals surface area contributed by atoms with Crippen LogP contribution in [0.15, 0.2) is 59.7 Å². The SMILES string of the molecule is O=C(NC1CC2(C1)CC(c1n[nH]c(=O)c3ccccc13)C2)c1ccc(-c2cnn(C3CC3)c2)c(F)c1. The Morgan fingerprint density at radius 1 is 1.08 bits per heavy atom. The van der Waals surface area contributed by atoms with Gasteiger partial charge in [-0.2, -0.15) is 10.2 Å². The minimum atomic E-state index is -0.412. The van der Waals surface area contributed by atoms with Crippen LogP contribution in [-0.4, -0.2) is 31.9 Å². The Morgan fingerprint density at radius 2 is 1.86 bits per heavy atom. The van der Waals surface area contributed by atoms with Crippen LogP contribution in [0, 0.1) is 11.2 Å². The number of aromatic amines is 1. The molecule has 0 atom stereocenters. The average molecular weight is 484 g/mol. The molecule has 3 saturated carbocycles. The van der Waals surface area contributed by atoms with Crippen molar-refractivity contribution in [3.8, 4) is 11.1 Å². The number of benzene rings is 2. The van der Waals surface area contributed by atoms with Crippen molar-refractivity contribution in [2.75, 3.05) is 0 Å². The first-order valence-corrected chi connectivity index (χ1v) is 12.6. The van der Waals surface area contributed by atoms with Crippen LogP contribution < -0.4 is 10.9 Å². The quantitative estimate of drug-likeness (QED) is 0.430. The van der Waals surface area contributed by atoms with E-state index >= 15 is 0 Å². The van der Waals surface area contributed by atoms with E-state index in [1.807, 2.05) is 35.1 Å². The molecular formula is C28H26FN5O2. The van der Waals surface area contributed by atoms with Crippen molar-refractivity contribution in [3.63, 3.8) is 0 Å². The highest BCUT2D eigenvalue weighted by Gasteiger charge is 2.54. The number of rotatable bonds is 5. The summed E-state index contributed by atoms with van der Waals surface area (Å²) >= 11 is 0. The highest BCUT2D eigenvalue weighted by Crippen LogP contribution is 2.62. The van der Waals surface area contributed by atoms with Gasteiger partial charge < -0.3 is 5.32 Å². The second-order valence-corrected chi connectivity index (χ2v) is 10.8. The number of halogens is 1. The van der Waals surface area contributed by atoms with Crippen molar-refractivity contribution >= 4 is 16.7 Å². The molecule has 36 heavy (non-hydrogen) atoms. The van der Waals surface area contributed by atoms with Gasteiger partial charge in [-0.25, -0.2) is 9.49 Å². The third-order valence-electron chi connectivity index (χ3n) is 8.23. The Balaban J connectivity index is 0.975. The summed E-state index contributed by atoms with van der Waals surface area (Å²) in [4.78, 5) is 24.9. The first-order chi connectivity index (χ1) is 17.5. The normalized spacial score (nSPS) is 24.9. The molecule has 0 unspecified atom stereocenters. The van der Waals surface area contributed by atoms with Crippen LogP contribution in [0.4, 0.5) is 4.39 Å². The maximum atomic E-state index is 14.8. The molecule has 0 bridgehead atoms. The van der Waals surface area contributed by atoms with Gasteiger partial charge in [0.15, 0.2) is 0 Å². The van der Waals surface area contributed by atoms with E-state index in [2.05, 4.69) is 20.6 Å². The molecule has 1 amide bonds. The minimum absolute atomic E-state index is 0.0956. The van der Waals surface area contributed by atoms with E-state index in [9.17, 15) is 14.0 Å². The molecule has 2 N–H and O–H groups in total. The summed E-state index contributed by atoms with van der Waals surface area (Å²) in [6, 6.07) is 12.8. The van der Waals surface area contributed by atoms with Crippen LogP contribution >= 0.6 is 0 Å². The van der Waals surface area contributed by atoms with E-state index in [1.54, 1.807) is 18.3 Å². The Bertz CT molecular complexity index is 1560. The zero-order chi connectivity index (χ0) is 24.4. The molecule has 3 aliphatic carbocycles. The summed E-state index contributed by atoms with van der Waals surface area (Å²) in [5.41, 5.74) is 2.55. The van der Waals surface area contributed by atoms with Gasteiger partial charge in [0.25, 0.3) is 11.5 Å². The van der Waals surface area contributed by atoms with Gasteiger partial charge in [0.05, 0.1) is 23.3 Å². The second-order valence-electron chi connectivity index (χ2n) is 10.8. The fraction of sp³-hybridized carbons (Fsp3) is 0.357. The highest BCUT2D eigenvalue weighted by atomic mass is 19.1. The van der Waals surface area contributed by atoms with Crippen LogP contribution in [0.5, 0.6) is 0 Å². The van der Waals surface area contributed by atoms with E-state index in [-0.39, 0.29) is 22.9 Å². The number of amides is 1. The van der Waals surface area contributed by atoms with Gasteiger partial charge >= 0.3 is 0 Å². The van der Waals surface area contributed by atoms with Crippen molar-refractivity contribution in [3.05, 3.63) is 82.3 Å². The van der Waals surface area contributed by atoms with Crippen molar-refractivity contribution < 1.29 is 9.18 Å². The molecule has 8 heteroatoms. The number of nitrogens with zero attached hydrogens (tertiary/aromatic N) is 3. The minimum Gasteiger partial charge on any atom is -0.349 e. The van der Waals surface area contributed by atoms with Gasteiger partial charge in [-0.05, 0) is 62.1 Å². The van der Waals surface area contributed by atoms with Gasteiger partial charge in [-0.1, -0.05) is 24.3 Å². The van der Waals surface area contributed by atoms with Crippen LogP contribution in [-0.2, 0) is 0 Å². The summed E-state index contributed by atoms with van der Waals surface area (Å²) in [5, 5.41) is 16.0. The molecule has 7 nitrogen and oxygen atoms in total. The summed E-state index contributed by atoms with van der Waals surface area (Å²) in [6.45, 7) is 0. The lowest BCUT2D eigenvalue weighted by Gasteiger charge is -2.57. The Morgan fingerprint density at radius 3 is 2.61 bits per heavy atom. The smallest absolute Gasteiger partial charge is 0.272 e. The summed E-state index contributed by atoms with van der Waals surface area (Å²) < 4.78 is 16.7. The number of hydrogen-bond acceptors (Lipinski definition) is 4. The third-order valence-corrected chi connectivity index (χ3v) is 8.23. The fourth-order valence-corrected chi connectivity index (χ4v) is 6.22. The monoisotopic (exact) mass is 483 g/mol. The molecule has 1 spiro atoms. The summed E-state index contributed by atoms with van der Waals surface area (Å²) in [5.74, 6) is -0.335. The van der Waals surface area contributed by atoms with Crippen molar-refractivity contribution in [1.29, 1.82) is 0 Å². The van der Waals surface area contributed by atoms with E-state index in [4.69, 9.17) is 0 Å². The van der Waals surface area contributed by atoms with Gasteiger partial charge in [-0.3, -0.25) is 14.3 Å². The molecule has 0 saturated heterocycles. The average Bonchev–Trinajstić information content (AvgIpc) is 3.57. The lowest BCUT2D eigenvalue weighted by Crippen LogP contribution is -2.55. The maximum Gasteiger partial charge on any atom is 0.272 e. The van der Waals surface area contributed by atoms with E-state index in [0.717, 1.165) is 55.2 Å². The Kier molecular flexibility index (Phi) is 4.68. The van der Waals surface area contributed by atoms with Gasteiger partial charge in [-0.15, -0.1) is 0 Å². The molecule has 4 aromatic rings. The van der Waals surface area contributed by atoms with Crippen LogP contribution in [0.2, 0.25) is 0 Å². The van der Waals surface area contributed by atoms with Gasteiger partial charge in [0.2, 0.25) is 0 Å². The molecule has 3 aliphatic rings. The lowest BCUT2D eigenvalue weighted by atomic mass is 9.49. The fourth-order valence-electron chi connectivity index (χ4n) is 6.22. The topological polar surface area (TPSA) is 92.7 Å². The van der Waals surface area contributed by atoms with E-state index in [1.165, 1.54) is 6.07 Å². The highest BCUT2D eigenvalue weighted by molar-refractivity contribution is 5.95. The largest absolute Gasteiger partial charge is 0.349 e. The lowest BCUT2D eigenvalue weighted by molar-refractivity contribution is -0.0196. The predicted molar refractivity (Wildman–Crippen MR) is 133 cm³/mol. The maximum absolute atomic E-state index is 14.8. The Labute approximate surface area is 206 Å². The van der Waals surface area contributed by atoms with Gasteiger partial charge in [0.1, 0.15) is 5.82 Å². The molecule has 7 rings (SSSR count). The van der Waals surface area contributed by atoms with Crippen molar-refractivity contribution in [2.24, 2.45) is 5.41 Å². The first-order valence-electron chi connectivity index (χ1n) is 12.6. The van der Waals surface area contributed by atoms with Crippen molar-refractivity contribution in [2.45, 2.75) is 56.5 Å². The third kappa shape index (κ3) is 3.54. The number of aromatic nitrogens is 4. The molecule has 2 aromatic carbocycles. The number of H-pyrrole nitrogens is 1. The molecule has 182 valence electrons. The Hall–Kier alpha value is -3.81. The van der Waals surface area contributed by atoms with Gasteiger partial charge in [0, 0.05) is 40.2 Å². The summed E-state index contributed by atoms with van der Waals surface area (Å²) in [6.07, 6.45) is 9.62. The molecular weight excluding hydrogens is 457 g/mol. The zero-order valence-corrected chi connectivity index (χ0v) is 19.7. The number of carbonyl (C=O) groups excluding carboxylic acids is 1.